The second-order valence-electron chi connectivity index (χ2n) is 5.68. The molecule has 4 rings (SSSR count). The van der Waals surface area contributed by atoms with Gasteiger partial charge in [-0.1, -0.05) is 30.3 Å². The first kappa shape index (κ1) is 15.6. The number of hydrazone groups is 1. The molecule has 0 aliphatic heterocycles. The SMILES string of the molecule is Cc1cccc2c1[nH]c1nc(NN=Cc3cccc([N+](=O)[O-])c3)nnc12. The number of nitrogens with zero attached hydrogens (tertiary/aromatic N) is 5. The molecule has 9 heteroatoms. The van der Waals surface area contributed by atoms with Crippen LogP contribution in [-0.4, -0.2) is 31.3 Å². The van der Waals surface area contributed by atoms with E-state index in [-0.39, 0.29) is 11.6 Å². The molecule has 2 heterocycles. The Morgan fingerprint density at radius 3 is 2.92 bits per heavy atom. The first-order valence-electron chi connectivity index (χ1n) is 7.77. The van der Waals surface area contributed by atoms with Gasteiger partial charge in [0.05, 0.1) is 16.7 Å². The molecule has 0 atom stereocenters. The van der Waals surface area contributed by atoms with Gasteiger partial charge in [0.25, 0.3) is 11.6 Å². The zero-order valence-corrected chi connectivity index (χ0v) is 13.7. The third-order valence-corrected chi connectivity index (χ3v) is 3.92. The van der Waals surface area contributed by atoms with Gasteiger partial charge in [-0.05, 0) is 12.5 Å². The molecule has 9 nitrogen and oxygen atoms in total. The van der Waals surface area contributed by atoms with E-state index in [1.165, 1.54) is 18.3 Å². The van der Waals surface area contributed by atoms with Crippen molar-refractivity contribution in [2.24, 2.45) is 5.10 Å². The number of non-ortho nitro benzene ring substituents is 1. The minimum Gasteiger partial charge on any atom is -0.337 e. The number of aromatic amines is 1. The molecular formula is C17H13N7O2. The maximum atomic E-state index is 10.8. The first-order chi connectivity index (χ1) is 12.6. The lowest BCUT2D eigenvalue weighted by molar-refractivity contribution is -0.384. The fourth-order valence-corrected chi connectivity index (χ4v) is 2.67. The van der Waals surface area contributed by atoms with Crippen molar-refractivity contribution in [3.8, 4) is 0 Å². The van der Waals surface area contributed by atoms with Gasteiger partial charge in [0.2, 0.25) is 0 Å². The Balaban J connectivity index is 1.59. The Bertz CT molecular complexity index is 1170. The molecule has 2 N–H and O–H groups in total. The summed E-state index contributed by atoms with van der Waals surface area (Å²) < 4.78 is 0. The van der Waals surface area contributed by atoms with E-state index in [1.54, 1.807) is 12.1 Å². The zero-order valence-electron chi connectivity index (χ0n) is 13.7. The summed E-state index contributed by atoms with van der Waals surface area (Å²) in [6.07, 6.45) is 1.45. The summed E-state index contributed by atoms with van der Waals surface area (Å²) in [5, 5.41) is 24.0. The number of fused-ring (bicyclic) bond motifs is 3. The van der Waals surface area contributed by atoms with E-state index in [0.29, 0.717) is 16.7 Å². The first-order valence-corrected chi connectivity index (χ1v) is 7.77. The molecule has 0 bridgehead atoms. The average Bonchev–Trinajstić information content (AvgIpc) is 3.01. The number of hydrogen-bond donors (Lipinski definition) is 2. The number of nitrogens with one attached hydrogen (secondary N) is 2. The molecule has 128 valence electrons. The molecule has 0 fully saturated rings. The van der Waals surface area contributed by atoms with E-state index < -0.39 is 4.92 Å². The van der Waals surface area contributed by atoms with E-state index in [2.05, 4.69) is 30.7 Å². The third-order valence-electron chi connectivity index (χ3n) is 3.92. The Morgan fingerprint density at radius 2 is 2.08 bits per heavy atom. The number of para-hydroxylation sites is 1. The van der Waals surface area contributed by atoms with Crippen molar-refractivity contribution < 1.29 is 4.92 Å². The number of rotatable bonds is 4. The van der Waals surface area contributed by atoms with Gasteiger partial charge in [-0.25, -0.2) is 5.43 Å². The minimum absolute atomic E-state index is 0.00160. The quantitative estimate of drug-likeness (QED) is 0.332. The van der Waals surface area contributed by atoms with Crippen LogP contribution in [0.4, 0.5) is 11.6 Å². The molecule has 0 spiro atoms. The summed E-state index contributed by atoms with van der Waals surface area (Å²) in [6, 6.07) is 12.1. The number of nitro benzene ring substituents is 1. The van der Waals surface area contributed by atoms with Crippen LogP contribution in [0.5, 0.6) is 0 Å². The highest BCUT2D eigenvalue weighted by atomic mass is 16.6. The molecule has 0 aliphatic carbocycles. The lowest BCUT2D eigenvalue weighted by Gasteiger charge is -1.97. The van der Waals surface area contributed by atoms with Crippen molar-refractivity contribution in [2.45, 2.75) is 6.92 Å². The van der Waals surface area contributed by atoms with Crippen LogP contribution in [0.15, 0.2) is 47.6 Å². The van der Waals surface area contributed by atoms with E-state index in [9.17, 15) is 10.1 Å². The topological polar surface area (TPSA) is 122 Å². The van der Waals surface area contributed by atoms with Crippen LogP contribution >= 0.6 is 0 Å². The van der Waals surface area contributed by atoms with Gasteiger partial charge in [0.15, 0.2) is 5.65 Å². The highest BCUT2D eigenvalue weighted by Gasteiger charge is 2.10. The smallest absolute Gasteiger partial charge is 0.270 e. The maximum absolute atomic E-state index is 10.8. The van der Waals surface area contributed by atoms with E-state index >= 15 is 0 Å². The molecule has 0 saturated heterocycles. The fourth-order valence-electron chi connectivity index (χ4n) is 2.67. The predicted octanol–water partition coefficient (Wildman–Crippen LogP) is 3.17. The molecule has 2 aromatic heterocycles. The van der Waals surface area contributed by atoms with E-state index in [1.807, 2.05) is 25.1 Å². The van der Waals surface area contributed by atoms with Gasteiger partial charge in [-0.15, -0.1) is 10.2 Å². The molecule has 0 unspecified atom stereocenters. The van der Waals surface area contributed by atoms with Gasteiger partial charge in [-0.3, -0.25) is 10.1 Å². The Labute approximate surface area is 146 Å². The number of H-pyrrole nitrogens is 1. The van der Waals surface area contributed by atoms with Crippen LogP contribution < -0.4 is 5.43 Å². The summed E-state index contributed by atoms with van der Waals surface area (Å²) >= 11 is 0. The molecule has 0 aliphatic rings. The number of hydrogen-bond acceptors (Lipinski definition) is 7. The monoisotopic (exact) mass is 347 g/mol. The van der Waals surface area contributed by atoms with Gasteiger partial charge >= 0.3 is 0 Å². The standard InChI is InChI=1S/C17H13N7O2/c1-10-4-2-7-13-14(10)19-16-15(13)21-23-17(20-16)22-18-9-11-5-3-6-12(8-11)24(25)26/h2-9H,1H3,(H2,19,20,22,23). The Kier molecular flexibility index (Phi) is 3.73. The van der Waals surface area contributed by atoms with Gasteiger partial charge in [0.1, 0.15) is 5.52 Å². The molecule has 0 amide bonds. The predicted molar refractivity (Wildman–Crippen MR) is 98.2 cm³/mol. The van der Waals surface area contributed by atoms with Crippen LogP contribution in [0.3, 0.4) is 0 Å². The summed E-state index contributed by atoms with van der Waals surface area (Å²) in [6.45, 7) is 2.01. The van der Waals surface area contributed by atoms with Crippen molar-refractivity contribution in [1.82, 2.24) is 20.2 Å². The average molecular weight is 347 g/mol. The number of anilines is 1. The minimum atomic E-state index is -0.455. The lowest BCUT2D eigenvalue weighted by atomic mass is 10.1. The molecule has 26 heavy (non-hydrogen) atoms. The number of benzene rings is 2. The van der Waals surface area contributed by atoms with Crippen LogP contribution in [0.1, 0.15) is 11.1 Å². The highest BCUT2D eigenvalue weighted by Crippen LogP contribution is 2.24. The van der Waals surface area contributed by atoms with Crippen LogP contribution in [-0.2, 0) is 0 Å². The van der Waals surface area contributed by atoms with E-state index in [0.717, 1.165) is 16.5 Å². The van der Waals surface area contributed by atoms with Crippen molar-refractivity contribution in [2.75, 3.05) is 5.43 Å². The lowest BCUT2D eigenvalue weighted by Crippen LogP contribution is -1.99. The zero-order chi connectivity index (χ0) is 18.1. The number of aryl methyl sites for hydroxylation is 1. The largest absolute Gasteiger partial charge is 0.337 e. The summed E-state index contributed by atoms with van der Waals surface area (Å²) in [4.78, 5) is 17.9. The Morgan fingerprint density at radius 1 is 1.23 bits per heavy atom. The van der Waals surface area contributed by atoms with Crippen molar-refractivity contribution in [3.05, 3.63) is 63.7 Å². The van der Waals surface area contributed by atoms with Crippen molar-refractivity contribution >= 4 is 39.9 Å². The Hall–Kier alpha value is -3.88. The van der Waals surface area contributed by atoms with Gasteiger partial charge in [0, 0.05) is 23.1 Å². The highest BCUT2D eigenvalue weighted by molar-refractivity contribution is 6.04. The normalized spacial score (nSPS) is 11.4. The molecular weight excluding hydrogens is 334 g/mol. The number of aromatic nitrogens is 4. The van der Waals surface area contributed by atoms with Crippen LogP contribution in [0, 0.1) is 17.0 Å². The van der Waals surface area contributed by atoms with E-state index in [4.69, 9.17) is 0 Å². The second kappa shape index (κ2) is 6.20. The van der Waals surface area contributed by atoms with Crippen LogP contribution in [0.25, 0.3) is 22.1 Å². The summed E-state index contributed by atoms with van der Waals surface area (Å²) in [5.41, 5.74) is 6.65. The maximum Gasteiger partial charge on any atom is 0.270 e. The second-order valence-corrected chi connectivity index (χ2v) is 5.68. The molecule has 4 aromatic rings. The summed E-state index contributed by atoms with van der Waals surface area (Å²) in [5.74, 6) is 0.225. The van der Waals surface area contributed by atoms with Crippen LogP contribution in [0.2, 0.25) is 0 Å². The summed E-state index contributed by atoms with van der Waals surface area (Å²) in [7, 11) is 0. The number of nitro groups is 1. The molecule has 2 aromatic carbocycles. The molecule has 0 saturated carbocycles. The van der Waals surface area contributed by atoms with Gasteiger partial charge in [-0.2, -0.15) is 10.1 Å². The van der Waals surface area contributed by atoms with Gasteiger partial charge < -0.3 is 4.98 Å². The van der Waals surface area contributed by atoms with Crippen molar-refractivity contribution in [1.29, 1.82) is 0 Å². The van der Waals surface area contributed by atoms with Crippen molar-refractivity contribution in [3.63, 3.8) is 0 Å². The fraction of sp³-hybridized carbons (Fsp3) is 0.0588. The molecule has 0 radical (unpaired) electrons. The third kappa shape index (κ3) is 2.81.